The van der Waals surface area contributed by atoms with E-state index in [1.165, 1.54) is 0 Å². The first kappa shape index (κ1) is 6.48. The molecular formula is C6H6GeO2. The Morgan fingerprint density at radius 1 is 1.33 bits per heavy atom. The Labute approximate surface area is 57.1 Å². The van der Waals surface area contributed by atoms with Gasteiger partial charge in [0.1, 0.15) is 0 Å². The zero-order valence-corrected chi connectivity index (χ0v) is 6.84. The molecule has 1 heterocycles. The second kappa shape index (κ2) is 2.78. The van der Waals surface area contributed by atoms with Gasteiger partial charge in [-0.15, -0.1) is 0 Å². The van der Waals surface area contributed by atoms with E-state index in [1.54, 1.807) is 0 Å². The van der Waals surface area contributed by atoms with Crippen molar-refractivity contribution in [3.05, 3.63) is 23.1 Å². The van der Waals surface area contributed by atoms with Gasteiger partial charge in [-0.25, -0.2) is 0 Å². The quantitative estimate of drug-likeness (QED) is 0.609. The molecule has 0 atom stereocenters. The molecule has 46 valence electrons. The minimum absolute atomic E-state index is 0.629. The SMILES string of the molecule is O=[C](O)[Ge]1=[CH]C=CC=[CH]1. The fourth-order valence-electron chi connectivity index (χ4n) is 0.581. The summed E-state index contributed by atoms with van der Waals surface area (Å²) in [4.78, 5) is 13.3. The Balaban J connectivity index is 2.84. The normalized spacial score (nSPS) is 15.3. The number of rotatable bonds is 1. The molecule has 0 radical (unpaired) electrons. The third-order valence-corrected chi connectivity index (χ3v) is 4.37. The Morgan fingerprint density at radius 2 is 2.11 bits per heavy atom. The van der Waals surface area contributed by atoms with Crippen molar-refractivity contribution < 1.29 is 9.90 Å². The molecule has 0 saturated heterocycles. The van der Waals surface area contributed by atoms with E-state index in [-0.39, 0.29) is 0 Å². The van der Waals surface area contributed by atoms with E-state index in [0.717, 1.165) is 0 Å². The number of allylic oxidation sites excluding steroid dienone is 3. The van der Waals surface area contributed by atoms with Crippen LogP contribution in [0.1, 0.15) is 0 Å². The van der Waals surface area contributed by atoms with Gasteiger partial charge in [-0.05, 0) is 0 Å². The van der Waals surface area contributed by atoms with Gasteiger partial charge in [0.25, 0.3) is 0 Å². The van der Waals surface area contributed by atoms with Crippen molar-refractivity contribution in [3.8, 4) is 0 Å². The van der Waals surface area contributed by atoms with E-state index >= 15 is 0 Å². The maximum absolute atomic E-state index is 10.3. The first-order valence-corrected chi connectivity index (χ1v) is 6.06. The van der Waals surface area contributed by atoms with Crippen LogP contribution in [0.15, 0.2) is 23.1 Å². The van der Waals surface area contributed by atoms with Crippen LogP contribution in [0.3, 0.4) is 0 Å². The molecular weight excluding hydrogens is 177 g/mol. The van der Waals surface area contributed by atoms with Gasteiger partial charge in [-0.3, -0.25) is 0 Å². The second-order valence-corrected chi connectivity index (χ2v) is 5.88. The van der Waals surface area contributed by atoms with E-state index in [1.807, 2.05) is 28.0 Å². The van der Waals surface area contributed by atoms with Crippen molar-refractivity contribution in [1.29, 1.82) is 0 Å². The predicted molar refractivity (Wildman–Crippen MR) is 38.1 cm³/mol. The summed E-state index contributed by atoms with van der Waals surface area (Å²) in [6.07, 6.45) is 5.46. The van der Waals surface area contributed by atoms with Crippen LogP contribution in [-0.4, -0.2) is 28.7 Å². The van der Waals surface area contributed by atoms with Gasteiger partial charge in [-0.2, -0.15) is 0 Å². The van der Waals surface area contributed by atoms with Gasteiger partial charge in [0, 0.05) is 0 Å². The second-order valence-electron chi connectivity index (χ2n) is 1.67. The molecule has 1 N–H and O–H groups in total. The van der Waals surface area contributed by atoms with Gasteiger partial charge in [0.2, 0.25) is 0 Å². The van der Waals surface area contributed by atoms with E-state index in [2.05, 4.69) is 0 Å². The summed E-state index contributed by atoms with van der Waals surface area (Å²) in [5, 5.41) is 8.50. The fourth-order valence-corrected chi connectivity index (χ4v) is 2.75. The predicted octanol–water partition coefficient (Wildman–Crippen LogP) is 0.790. The van der Waals surface area contributed by atoms with Gasteiger partial charge in [-0.1, -0.05) is 0 Å². The van der Waals surface area contributed by atoms with Gasteiger partial charge < -0.3 is 0 Å². The third kappa shape index (κ3) is 1.64. The number of hydrogen-bond donors (Lipinski definition) is 1. The maximum atomic E-state index is 10.3. The van der Waals surface area contributed by atoms with Crippen LogP contribution in [0.25, 0.3) is 0 Å². The number of carbonyl (C=O) groups is 1. The molecule has 2 nitrogen and oxygen atoms in total. The van der Waals surface area contributed by atoms with Crippen molar-refractivity contribution in [2.24, 2.45) is 0 Å². The summed E-state index contributed by atoms with van der Waals surface area (Å²) in [6.45, 7) is 0. The van der Waals surface area contributed by atoms with Crippen molar-refractivity contribution in [2.45, 2.75) is 0 Å². The molecule has 1 rings (SSSR count). The molecule has 0 aliphatic carbocycles. The van der Waals surface area contributed by atoms with Gasteiger partial charge in [0.15, 0.2) is 0 Å². The van der Waals surface area contributed by atoms with Crippen LogP contribution in [0.4, 0.5) is 4.79 Å². The molecule has 0 spiro atoms. The Morgan fingerprint density at radius 3 is 2.44 bits per heavy atom. The molecule has 0 aromatic rings. The van der Waals surface area contributed by atoms with Crippen LogP contribution in [0.5, 0.6) is 0 Å². The number of carboxylic acid groups (broad SMARTS) is 1. The topological polar surface area (TPSA) is 37.3 Å². The average Bonchev–Trinajstić information content (AvgIpc) is 1.90. The van der Waals surface area contributed by atoms with Crippen molar-refractivity contribution in [2.75, 3.05) is 0 Å². The standard InChI is InChI=1S/C6H6GeO2/c8-6(9)7-4-2-1-3-5-7/h1-5H,(H,8,9). The molecule has 0 unspecified atom stereocenters. The van der Waals surface area contributed by atoms with E-state index in [9.17, 15) is 4.79 Å². The summed E-state index contributed by atoms with van der Waals surface area (Å²) in [5.41, 5.74) is 0. The Bertz CT molecular complexity index is 213. The summed E-state index contributed by atoms with van der Waals surface area (Å²) in [5.74, 6) is 0. The monoisotopic (exact) mass is 184 g/mol. The Kier molecular flexibility index (Phi) is 2.00. The van der Waals surface area contributed by atoms with Crippen LogP contribution in [0.2, 0.25) is 0 Å². The average molecular weight is 183 g/mol. The van der Waals surface area contributed by atoms with Crippen molar-refractivity contribution in [3.63, 3.8) is 0 Å². The van der Waals surface area contributed by atoms with Crippen LogP contribution < -0.4 is 0 Å². The third-order valence-electron chi connectivity index (χ3n) is 1.02. The molecule has 1 aliphatic rings. The number of hydrogen-bond acceptors (Lipinski definition) is 1. The van der Waals surface area contributed by atoms with E-state index in [4.69, 9.17) is 5.11 Å². The van der Waals surface area contributed by atoms with E-state index in [0.29, 0.717) is 0 Å². The molecule has 0 saturated carbocycles. The molecule has 0 aromatic carbocycles. The zero-order chi connectivity index (χ0) is 6.69. The fraction of sp³-hybridized carbons (Fsp3) is 0. The molecule has 0 bridgehead atoms. The molecule has 9 heavy (non-hydrogen) atoms. The zero-order valence-electron chi connectivity index (χ0n) is 4.74. The molecule has 3 heteroatoms. The molecule has 0 amide bonds. The van der Waals surface area contributed by atoms with Crippen molar-refractivity contribution in [1.82, 2.24) is 0 Å². The summed E-state index contributed by atoms with van der Waals surface area (Å²) in [6, 6.07) is 0. The van der Waals surface area contributed by atoms with Crippen molar-refractivity contribution >= 4 is 23.6 Å². The molecule has 0 fully saturated rings. The first-order chi connectivity index (χ1) is 4.30. The minimum atomic E-state index is -1.93. The van der Waals surface area contributed by atoms with Crippen LogP contribution >= 0.6 is 0 Å². The molecule has 1 aliphatic heterocycles. The first-order valence-electron chi connectivity index (χ1n) is 2.59. The summed E-state index contributed by atoms with van der Waals surface area (Å²) in [7, 11) is 0. The van der Waals surface area contributed by atoms with Gasteiger partial charge >= 0.3 is 56.6 Å². The summed E-state index contributed by atoms with van der Waals surface area (Å²) < 4.78 is 0. The Hall–Kier alpha value is -0.637. The summed E-state index contributed by atoms with van der Waals surface area (Å²) >= 11 is -1.93. The van der Waals surface area contributed by atoms with Crippen LogP contribution in [0, 0.1) is 0 Å². The van der Waals surface area contributed by atoms with E-state index < -0.39 is 18.7 Å². The molecule has 0 aromatic heterocycles. The van der Waals surface area contributed by atoms with Crippen LogP contribution in [-0.2, 0) is 0 Å². The van der Waals surface area contributed by atoms with Gasteiger partial charge in [0.05, 0.1) is 0 Å².